The lowest BCUT2D eigenvalue weighted by Crippen LogP contribution is -2.44. The van der Waals surface area contributed by atoms with Gasteiger partial charge in [-0.25, -0.2) is 4.98 Å². The molecular weight excluding hydrogens is 298 g/mol. The average Bonchev–Trinajstić information content (AvgIpc) is 3.01. The number of thiazole rings is 1. The minimum atomic E-state index is -0.0445. The second kappa shape index (κ2) is 5.51. The molecule has 0 atom stereocenters. The Morgan fingerprint density at radius 1 is 1.23 bits per heavy atom. The summed E-state index contributed by atoms with van der Waals surface area (Å²) in [6.45, 7) is 3.59. The molecule has 3 aromatic rings. The molecular formula is C15H15N5OS. The highest BCUT2D eigenvalue weighted by atomic mass is 32.1. The Balaban J connectivity index is 1.79. The lowest BCUT2D eigenvalue weighted by molar-refractivity contribution is 0.585. The number of aromatic nitrogens is 3. The summed E-state index contributed by atoms with van der Waals surface area (Å²) >= 11 is 1.49. The van der Waals surface area contributed by atoms with Gasteiger partial charge >= 0.3 is 0 Å². The number of nitrogens with one attached hydrogen (secondary N) is 1. The molecule has 112 valence electrons. The van der Waals surface area contributed by atoms with Crippen molar-refractivity contribution in [2.75, 3.05) is 31.1 Å². The van der Waals surface area contributed by atoms with Crippen LogP contribution in [0.2, 0.25) is 0 Å². The van der Waals surface area contributed by atoms with E-state index in [9.17, 15) is 4.79 Å². The van der Waals surface area contributed by atoms with Crippen molar-refractivity contribution in [3.8, 4) is 10.6 Å². The summed E-state index contributed by atoms with van der Waals surface area (Å²) in [5, 5.41) is 3.30. The van der Waals surface area contributed by atoms with Gasteiger partial charge in [0.1, 0.15) is 5.82 Å². The molecule has 0 bridgehead atoms. The summed E-state index contributed by atoms with van der Waals surface area (Å²) < 4.78 is 1.60. The third-order valence-corrected chi connectivity index (χ3v) is 4.72. The highest BCUT2D eigenvalue weighted by molar-refractivity contribution is 7.20. The number of anilines is 1. The topological polar surface area (TPSA) is 62.5 Å². The largest absolute Gasteiger partial charge is 0.354 e. The molecule has 0 aromatic carbocycles. The van der Waals surface area contributed by atoms with Gasteiger partial charge in [-0.3, -0.25) is 14.2 Å². The second-order valence-corrected chi connectivity index (χ2v) is 6.16. The zero-order valence-electron chi connectivity index (χ0n) is 11.9. The maximum absolute atomic E-state index is 12.4. The molecule has 4 heterocycles. The Kier molecular flexibility index (Phi) is 3.36. The zero-order chi connectivity index (χ0) is 14.9. The summed E-state index contributed by atoms with van der Waals surface area (Å²) in [5.41, 5.74) is 0.818. The fourth-order valence-corrected chi connectivity index (χ4v) is 3.53. The lowest BCUT2D eigenvalue weighted by Gasteiger charge is -2.28. The fourth-order valence-electron chi connectivity index (χ4n) is 2.57. The molecule has 4 rings (SSSR count). The third-order valence-electron chi connectivity index (χ3n) is 3.71. The minimum absolute atomic E-state index is 0.0445. The second-order valence-electron chi connectivity index (χ2n) is 5.15. The molecule has 6 nitrogen and oxygen atoms in total. The van der Waals surface area contributed by atoms with Gasteiger partial charge in [0.05, 0.1) is 10.6 Å². The van der Waals surface area contributed by atoms with E-state index in [-0.39, 0.29) is 5.56 Å². The molecule has 0 aliphatic carbocycles. The molecule has 1 aliphatic heterocycles. The summed E-state index contributed by atoms with van der Waals surface area (Å²) in [5.74, 6) is 0.765. The van der Waals surface area contributed by atoms with Crippen molar-refractivity contribution in [3.05, 3.63) is 47.0 Å². The minimum Gasteiger partial charge on any atom is -0.354 e. The molecule has 7 heteroatoms. The van der Waals surface area contributed by atoms with Crippen molar-refractivity contribution >= 4 is 22.1 Å². The van der Waals surface area contributed by atoms with Gasteiger partial charge in [-0.15, -0.1) is 0 Å². The van der Waals surface area contributed by atoms with Gasteiger partial charge in [-0.1, -0.05) is 17.4 Å². The standard InChI is InChI=1S/C15H15N5OS/c21-14-9-13(19-7-5-16-6-8-19)18-15-20(14)10-12(22-15)11-3-1-2-4-17-11/h1-4,9-10,16H,5-8H2. The summed E-state index contributed by atoms with van der Waals surface area (Å²) in [4.78, 5) is 25.2. The van der Waals surface area contributed by atoms with Crippen molar-refractivity contribution in [1.29, 1.82) is 0 Å². The number of pyridine rings is 1. The van der Waals surface area contributed by atoms with Crippen LogP contribution in [0.5, 0.6) is 0 Å². The zero-order valence-corrected chi connectivity index (χ0v) is 12.7. The van der Waals surface area contributed by atoms with Gasteiger partial charge in [0.15, 0.2) is 4.96 Å². The first-order valence-corrected chi connectivity index (χ1v) is 8.03. The van der Waals surface area contributed by atoms with E-state index in [1.54, 1.807) is 16.7 Å². The molecule has 0 unspecified atom stereocenters. The van der Waals surface area contributed by atoms with Gasteiger partial charge in [0.2, 0.25) is 0 Å². The molecule has 1 aliphatic rings. The first kappa shape index (κ1) is 13.4. The fraction of sp³-hybridized carbons (Fsp3) is 0.267. The lowest BCUT2D eigenvalue weighted by atomic mass is 10.3. The van der Waals surface area contributed by atoms with E-state index in [0.29, 0.717) is 4.96 Å². The molecule has 3 aromatic heterocycles. The molecule has 1 saturated heterocycles. The van der Waals surface area contributed by atoms with E-state index in [0.717, 1.165) is 42.6 Å². The Bertz CT molecular complexity index is 851. The summed E-state index contributed by atoms with van der Waals surface area (Å²) in [6.07, 6.45) is 3.57. The van der Waals surface area contributed by atoms with Gasteiger partial charge in [-0.05, 0) is 12.1 Å². The predicted octanol–water partition coefficient (Wildman–Crippen LogP) is 1.23. The smallest absolute Gasteiger partial charge is 0.260 e. The van der Waals surface area contributed by atoms with Crippen LogP contribution in [0.25, 0.3) is 15.5 Å². The van der Waals surface area contributed by atoms with E-state index in [4.69, 9.17) is 0 Å². The van der Waals surface area contributed by atoms with Crippen LogP contribution in [0.15, 0.2) is 41.5 Å². The summed E-state index contributed by atoms with van der Waals surface area (Å²) in [7, 11) is 0. The number of piperazine rings is 1. The van der Waals surface area contributed by atoms with Gasteiger partial charge in [-0.2, -0.15) is 0 Å². The maximum Gasteiger partial charge on any atom is 0.260 e. The number of hydrogen-bond acceptors (Lipinski definition) is 6. The van der Waals surface area contributed by atoms with E-state index < -0.39 is 0 Å². The third kappa shape index (κ3) is 2.38. The van der Waals surface area contributed by atoms with Crippen LogP contribution >= 0.6 is 11.3 Å². The van der Waals surface area contributed by atoms with Crippen LogP contribution in [0.1, 0.15) is 0 Å². The number of rotatable bonds is 2. The van der Waals surface area contributed by atoms with Crippen molar-refractivity contribution in [2.45, 2.75) is 0 Å². The Morgan fingerprint density at radius 3 is 2.86 bits per heavy atom. The van der Waals surface area contributed by atoms with Gasteiger partial charge in [0, 0.05) is 44.6 Å². The number of nitrogens with zero attached hydrogens (tertiary/aromatic N) is 4. The van der Waals surface area contributed by atoms with E-state index >= 15 is 0 Å². The Labute approximate surface area is 131 Å². The first-order valence-electron chi connectivity index (χ1n) is 7.21. The summed E-state index contributed by atoms with van der Waals surface area (Å²) in [6, 6.07) is 7.37. The normalized spacial score (nSPS) is 15.4. The van der Waals surface area contributed by atoms with Crippen LogP contribution in [0, 0.1) is 0 Å². The monoisotopic (exact) mass is 313 g/mol. The quantitative estimate of drug-likeness (QED) is 0.771. The van der Waals surface area contributed by atoms with E-state index in [2.05, 4.69) is 20.2 Å². The molecule has 0 radical (unpaired) electrons. The molecule has 0 amide bonds. The first-order chi connectivity index (χ1) is 10.8. The molecule has 1 N–H and O–H groups in total. The average molecular weight is 313 g/mol. The highest BCUT2D eigenvalue weighted by Crippen LogP contribution is 2.26. The van der Waals surface area contributed by atoms with Gasteiger partial charge < -0.3 is 10.2 Å². The molecule has 0 spiro atoms. The predicted molar refractivity (Wildman–Crippen MR) is 87.7 cm³/mol. The van der Waals surface area contributed by atoms with Crippen molar-refractivity contribution < 1.29 is 0 Å². The maximum atomic E-state index is 12.4. The van der Waals surface area contributed by atoms with Crippen molar-refractivity contribution in [2.24, 2.45) is 0 Å². The Morgan fingerprint density at radius 2 is 2.09 bits per heavy atom. The van der Waals surface area contributed by atoms with Crippen molar-refractivity contribution in [3.63, 3.8) is 0 Å². The van der Waals surface area contributed by atoms with E-state index in [1.165, 1.54) is 11.3 Å². The van der Waals surface area contributed by atoms with Gasteiger partial charge in [0.25, 0.3) is 5.56 Å². The van der Waals surface area contributed by atoms with Crippen LogP contribution in [0.3, 0.4) is 0 Å². The van der Waals surface area contributed by atoms with Crippen molar-refractivity contribution in [1.82, 2.24) is 19.7 Å². The van der Waals surface area contributed by atoms with Crippen LogP contribution in [0.4, 0.5) is 5.82 Å². The molecule has 22 heavy (non-hydrogen) atoms. The van der Waals surface area contributed by atoms with Crippen LogP contribution < -0.4 is 15.8 Å². The SMILES string of the molecule is O=c1cc(N2CCNCC2)nc2sc(-c3ccccn3)cn12. The Hall–Kier alpha value is -2.25. The number of fused-ring (bicyclic) bond motifs is 1. The highest BCUT2D eigenvalue weighted by Gasteiger charge is 2.15. The van der Waals surface area contributed by atoms with Crippen LogP contribution in [-0.2, 0) is 0 Å². The van der Waals surface area contributed by atoms with E-state index in [1.807, 2.05) is 24.4 Å². The molecule has 0 saturated carbocycles. The molecule has 1 fully saturated rings. The van der Waals surface area contributed by atoms with Crippen LogP contribution in [-0.4, -0.2) is 40.5 Å². The number of hydrogen-bond donors (Lipinski definition) is 1.